The number of nitrogens with zero attached hydrogens (tertiary/aromatic N) is 5. The number of imidazole rings is 1. The number of alkyl halides is 1. The number of hydrogen-bond donors (Lipinski definition) is 2. The van der Waals surface area contributed by atoms with E-state index in [-0.39, 0.29) is 12.6 Å². The molecule has 28 heavy (non-hydrogen) atoms. The van der Waals surface area contributed by atoms with E-state index in [1.165, 1.54) is 0 Å². The lowest BCUT2D eigenvalue weighted by Gasteiger charge is -2.10. The number of H-pyrrole nitrogens is 1. The Morgan fingerprint density at radius 1 is 1.25 bits per heavy atom. The maximum atomic E-state index is 13.8. The fourth-order valence-corrected chi connectivity index (χ4v) is 3.61. The first-order valence-corrected chi connectivity index (χ1v) is 9.56. The molecule has 0 radical (unpaired) electrons. The largest absolute Gasteiger partial charge is 0.351 e. The third-order valence-electron chi connectivity index (χ3n) is 5.29. The molecular formula is C20H22FN7. The van der Waals surface area contributed by atoms with Gasteiger partial charge in [-0.1, -0.05) is 0 Å². The van der Waals surface area contributed by atoms with Gasteiger partial charge in [0.2, 0.25) is 5.95 Å². The van der Waals surface area contributed by atoms with Gasteiger partial charge >= 0.3 is 0 Å². The number of fused-ring (bicyclic) bond motifs is 2. The predicted octanol–water partition coefficient (Wildman–Crippen LogP) is 4.17. The lowest BCUT2D eigenvalue weighted by atomic mass is 10.1. The Kier molecular flexibility index (Phi) is 3.65. The maximum Gasteiger partial charge on any atom is 0.224 e. The second-order valence-corrected chi connectivity index (χ2v) is 7.82. The van der Waals surface area contributed by atoms with Crippen LogP contribution in [0.5, 0.6) is 0 Å². The van der Waals surface area contributed by atoms with Crippen molar-refractivity contribution in [1.82, 2.24) is 29.5 Å². The van der Waals surface area contributed by atoms with Crippen LogP contribution in [0.15, 0.2) is 24.5 Å². The van der Waals surface area contributed by atoms with Gasteiger partial charge in [-0.05, 0) is 45.7 Å². The average molecular weight is 379 g/mol. The van der Waals surface area contributed by atoms with Gasteiger partial charge in [-0.25, -0.2) is 19.3 Å². The van der Waals surface area contributed by atoms with Crippen LogP contribution < -0.4 is 5.32 Å². The second kappa shape index (κ2) is 5.98. The molecule has 0 saturated heterocycles. The molecule has 0 unspecified atom stereocenters. The Morgan fingerprint density at radius 2 is 2.07 bits per heavy atom. The van der Waals surface area contributed by atoms with Crippen LogP contribution in [0.2, 0.25) is 0 Å². The van der Waals surface area contributed by atoms with E-state index in [1.807, 2.05) is 25.3 Å². The second-order valence-electron chi connectivity index (χ2n) is 7.82. The molecule has 0 spiro atoms. The zero-order valence-electron chi connectivity index (χ0n) is 16.1. The Morgan fingerprint density at radius 3 is 2.82 bits per heavy atom. The van der Waals surface area contributed by atoms with Gasteiger partial charge in [0.15, 0.2) is 5.65 Å². The van der Waals surface area contributed by atoms with Gasteiger partial charge in [0.05, 0.1) is 12.2 Å². The van der Waals surface area contributed by atoms with Crippen LogP contribution in [0.1, 0.15) is 38.6 Å². The molecule has 0 atom stereocenters. The summed E-state index contributed by atoms with van der Waals surface area (Å²) >= 11 is 0. The molecule has 7 nitrogen and oxygen atoms in total. The van der Waals surface area contributed by atoms with Crippen LogP contribution in [0.4, 0.5) is 10.3 Å². The Balaban J connectivity index is 1.52. The highest BCUT2D eigenvalue weighted by Crippen LogP contribution is 2.39. The van der Waals surface area contributed by atoms with Gasteiger partial charge in [-0.3, -0.25) is 0 Å². The number of aromatic amines is 1. The Labute approximate surface area is 161 Å². The molecule has 1 aliphatic carbocycles. The molecule has 144 valence electrons. The minimum Gasteiger partial charge on any atom is -0.351 e. The molecule has 4 aromatic rings. The van der Waals surface area contributed by atoms with E-state index in [2.05, 4.69) is 43.7 Å². The number of aryl methyl sites for hydroxylation is 1. The van der Waals surface area contributed by atoms with Crippen molar-refractivity contribution >= 4 is 28.1 Å². The van der Waals surface area contributed by atoms with Gasteiger partial charge in [0.1, 0.15) is 22.7 Å². The molecule has 0 aromatic carbocycles. The van der Waals surface area contributed by atoms with Crippen molar-refractivity contribution in [2.45, 2.75) is 45.3 Å². The van der Waals surface area contributed by atoms with E-state index in [9.17, 15) is 4.39 Å². The van der Waals surface area contributed by atoms with Gasteiger partial charge in [-0.15, -0.1) is 0 Å². The number of rotatable bonds is 5. The third-order valence-corrected chi connectivity index (χ3v) is 5.29. The zero-order chi connectivity index (χ0) is 19.5. The molecule has 4 heterocycles. The highest BCUT2D eigenvalue weighted by atomic mass is 19.1. The molecule has 8 heteroatoms. The van der Waals surface area contributed by atoms with Crippen molar-refractivity contribution in [3.8, 4) is 11.3 Å². The van der Waals surface area contributed by atoms with Crippen molar-refractivity contribution in [3.63, 3.8) is 0 Å². The predicted molar refractivity (Wildman–Crippen MR) is 107 cm³/mol. The van der Waals surface area contributed by atoms with Crippen LogP contribution in [0.3, 0.4) is 0 Å². The highest BCUT2D eigenvalue weighted by molar-refractivity contribution is 5.93. The van der Waals surface area contributed by atoms with E-state index in [0.29, 0.717) is 24.4 Å². The first-order valence-electron chi connectivity index (χ1n) is 9.56. The lowest BCUT2D eigenvalue weighted by molar-refractivity contribution is 0.326. The molecule has 0 bridgehead atoms. The summed E-state index contributed by atoms with van der Waals surface area (Å²) in [4.78, 5) is 21.5. The van der Waals surface area contributed by atoms with Crippen molar-refractivity contribution < 1.29 is 4.39 Å². The van der Waals surface area contributed by atoms with Crippen LogP contribution >= 0.6 is 0 Å². The molecule has 1 fully saturated rings. The highest BCUT2D eigenvalue weighted by Gasteiger charge is 2.43. The summed E-state index contributed by atoms with van der Waals surface area (Å²) in [6.45, 7) is 6.50. The lowest BCUT2D eigenvalue weighted by Crippen LogP contribution is -2.17. The number of halogens is 1. The van der Waals surface area contributed by atoms with Crippen molar-refractivity contribution in [1.29, 1.82) is 0 Å². The molecule has 0 amide bonds. The molecule has 5 rings (SSSR count). The number of aromatic nitrogens is 6. The van der Waals surface area contributed by atoms with E-state index in [1.54, 1.807) is 6.20 Å². The van der Waals surface area contributed by atoms with Gasteiger partial charge in [0, 0.05) is 29.4 Å². The van der Waals surface area contributed by atoms with E-state index in [0.717, 1.165) is 33.6 Å². The fourth-order valence-electron chi connectivity index (χ4n) is 3.61. The summed E-state index contributed by atoms with van der Waals surface area (Å²) in [6.07, 6.45) is 4.86. The van der Waals surface area contributed by atoms with Crippen molar-refractivity contribution in [2.24, 2.45) is 0 Å². The van der Waals surface area contributed by atoms with Gasteiger partial charge in [-0.2, -0.15) is 4.98 Å². The van der Waals surface area contributed by atoms with E-state index >= 15 is 0 Å². The number of pyridine rings is 1. The Hall–Kier alpha value is -3.03. The van der Waals surface area contributed by atoms with Crippen molar-refractivity contribution in [2.75, 3.05) is 11.9 Å². The average Bonchev–Trinajstić information content (AvgIpc) is 3.11. The van der Waals surface area contributed by atoms with Crippen molar-refractivity contribution in [3.05, 3.63) is 30.4 Å². The number of hydrogen-bond acceptors (Lipinski definition) is 5. The first-order chi connectivity index (χ1) is 13.4. The SMILES string of the molecule is Cc1nc2ccc(-c3c[nH]c4nc(NCC5(F)CC5)ncc34)nc2n1C(C)C. The maximum absolute atomic E-state index is 13.8. The third kappa shape index (κ3) is 2.80. The molecule has 2 N–H and O–H groups in total. The van der Waals surface area contributed by atoms with E-state index < -0.39 is 5.67 Å². The fraction of sp³-hybridized carbons (Fsp3) is 0.400. The zero-order valence-corrected chi connectivity index (χ0v) is 16.1. The quantitative estimate of drug-likeness (QED) is 0.544. The normalized spacial score (nSPS) is 15.6. The Bertz CT molecular complexity index is 1190. The van der Waals surface area contributed by atoms with Crippen LogP contribution in [0, 0.1) is 6.92 Å². The number of anilines is 1. The molecule has 1 aliphatic rings. The minimum absolute atomic E-state index is 0.253. The first kappa shape index (κ1) is 17.1. The molecular weight excluding hydrogens is 357 g/mol. The van der Waals surface area contributed by atoms with Crippen LogP contribution in [0.25, 0.3) is 33.5 Å². The van der Waals surface area contributed by atoms with Crippen LogP contribution in [-0.2, 0) is 0 Å². The minimum atomic E-state index is -1.09. The topological polar surface area (TPSA) is 84.3 Å². The van der Waals surface area contributed by atoms with Gasteiger partial charge < -0.3 is 14.9 Å². The smallest absolute Gasteiger partial charge is 0.224 e. The summed E-state index contributed by atoms with van der Waals surface area (Å²) in [5.74, 6) is 1.38. The summed E-state index contributed by atoms with van der Waals surface area (Å²) in [7, 11) is 0. The summed E-state index contributed by atoms with van der Waals surface area (Å²) in [5.41, 5.74) is 3.14. The standard InChI is InChI=1S/C20H22FN7/c1-11(2)28-12(3)25-16-5-4-15(26-18(16)28)13-8-22-17-14(13)9-23-19(27-17)24-10-20(21)6-7-20/h4-5,8-9,11H,6-7,10H2,1-3H3,(H2,22,23,24,27). The summed E-state index contributed by atoms with van der Waals surface area (Å²) in [5, 5.41) is 3.87. The van der Waals surface area contributed by atoms with Crippen LogP contribution in [-0.4, -0.2) is 41.7 Å². The van der Waals surface area contributed by atoms with Gasteiger partial charge in [0.25, 0.3) is 0 Å². The molecule has 0 aliphatic heterocycles. The molecule has 4 aromatic heterocycles. The summed E-state index contributed by atoms with van der Waals surface area (Å²) < 4.78 is 15.9. The monoisotopic (exact) mass is 379 g/mol. The van der Waals surface area contributed by atoms with E-state index in [4.69, 9.17) is 4.98 Å². The summed E-state index contributed by atoms with van der Waals surface area (Å²) in [6, 6.07) is 4.24. The molecule has 1 saturated carbocycles. The number of nitrogens with one attached hydrogen (secondary N) is 2.